The predicted molar refractivity (Wildman–Crippen MR) is 74.4 cm³/mol. The summed E-state index contributed by atoms with van der Waals surface area (Å²) in [4.78, 5) is 1.91. The topological polar surface area (TPSA) is 15.3 Å². The van der Waals surface area contributed by atoms with Crippen LogP contribution in [-0.2, 0) is 6.54 Å². The van der Waals surface area contributed by atoms with Crippen LogP contribution in [0.5, 0.6) is 0 Å². The van der Waals surface area contributed by atoms with Crippen molar-refractivity contribution in [1.29, 1.82) is 0 Å². The molecule has 2 nitrogen and oxygen atoms in total. The van der Waals surface area contributed by atoms with E-state index < -0.39 is 11.6 Å². The number of nitrogens with one attached hydrogen (secondary N) is 1. The predicted octanol–water partition coefficient (Wildman–Crippen LogP) is 3.45. The van der Waals surface area contributed by atoms with Crippen molar-refractivity contribution in [2.75, 3.05) is 18.5 Å². The molecule has 2 rings (SSSR count). The van der Waals surface area contributed by atoms with Gasteiger partial charge in [-0.05, 0) is 44.0 Å². The molecular formula is C15H22F2N2. The molecule has 1 saturated carbocycles. The van der Waals surface area contributed by atoms with Crippen LogP contribution in [-0.4, -0.2) is 19.6 Å². The molecule has 1 aromatic rings. The van der Waals surface area contributed by atoms with Crippen LogP contribution in [0.15, 0.2) is 12.1 Å². The fourth-order valence-corrected chi connectivity index (χ4v) is 2.39. The fraction of sp³-hybridized carbons (Fsp3) is 0.600. The molecule has 0 radical (unpaired) electrons. The normalized spacial score (nSPS) is 14.7. The number of benzene rings is 1. The van der Waals surface area contributed by atoms with Crippen molar-refractivity contribution in [2.24, 2.45) is 0 Å². The summed E-state index contributed by atoms with van der Waals surface area (Å²) in [5.74, 6) is -0.874. The molecule has 0 aromatic heterocycles. The summed E-state index contributed by atoms with van der Waals surface area (Å²) in [6, 6.07) is 3.21. The van der Waals surface area contributed by atoms with E-state index >= 15 is 0 Å². The molecule has 0 heterocycles. The first-order valence-corrected chi connectivity index (χ1v) is 7.06. The molecule has 0 bridgehead atoms. The van der Waals surface area contributed by atoms with E-state index in [1.54, 1.807) is 7.05 Å². The van der Waals surface area contributed by atoms with Gasteiger partial charge in [0.2, 0.25) is 0 Å². The van der Waals surface area contributed by atoms with Crippen molar-refractivity contribution in [3.05, 3.63) is 29.3 Å². The summed E-state index contributed by atoms with van der Waals surface area (Å²) in [5.41, 5.74) is 0.809. The second-order valence-corrected chi connectivity index (χ2v) is 5.22. The zero-order valence-corrected chi connectivity index (χ0v) is 11.7. The summed E-state index contributed by atoms with van der Waals surface area (Å²) in [5, 5.41) is 2.91. The van der Waals surface area contributed by atoms with Crippen LogP contribution in [0.1, 0.15) is 38.2 Å². The van der Waals surface area contributed by atoms with Gasteiger partial charge in [-0.25, -0.2) is 8.78 Å². The van der Waals surface area contributed by atoms with Crippen molar-refractivity contribution in [2.45, 2.75) is 45.2 Å². The van der Waals surface area contributed by atoms with Gasteiger partial charge >= 0.3 is 0 Å². The molecule has 1 aliphatic rings. The van der Waals surface area contributed by atoms with Crippen molar-refractivity contribution in [3.8, 4) is 0 Å². The first-order valence-electron chi connectivity index (χ1n) is 7.06. The molecule has 0 aliphatic heterocycles. The SMILES string of the molecule is CCCCN(c1c(F)cc(CNC)cc1F)C1CC1. The maximum atomic E-state index is 14.2. The molecule has 1 aliphatic carbocycles. The smallest absolute Gasteiger partial charge is 0.149 e. The third-order valence-corrected chi connectivity index (χ3v) is 3.49. The monoisotopic (exact) mass is 268 g/mol. The van der Waals surface area contributed by atoms with Crippen molar-refractivity contribution < 1.29 is 8.78 Å². The first kappa shape index (κ1) is 14.3. The van der Waals surface area contributed by atoms with E-state index in [4.69, 9.17) is 0 Å². The van der Waals surface area contributed by atoms with Gasteiger partial charge in [0, 0.05) is 19.1 Å². The number of hydrogen-bond acceptors (Lipinski definition) is 2. The lowest BCUT2D eigenvalue weighted by Gasteiger charge is -2.26. The van der Waals surface area contributed by atoms with Crippen LogP contribution in [0, 0.1) is 11.6 Å². The highest BCUT2D eigenvalue weighted by Crippen LogP contribution is 2.35. The minimum Gasteiger partial charge on any atom is -0.364 e. The maximum absolute atomic E-state index is 14.2. The Morgan fingerprint density at radius 1 is 1.26 bits per heavy atom. The standard InChI is InChI=1S/C15H22F2N2/c1-3-4-7-19(12-5-6-12)15-13(16)8-11(10-18-2)9-14(15)17/h8-9,12,18H,3-7,10H2,1-2H3. The van der Waals surface area contributed by atoms with E-state index in [-0.39, 0.29) is 5.69 Å². The molecule has 0 unspecified atom stereocenters. The second-order valence-electron chi connectivity index (χ2n) is 5.22. The summed E-state index contributed by atoms with van der Waals surface area (Å²) in [6.07, 6.45) is 4.08. The molecule has 1 aromatic carbocycles. The van der Waals surface area contributed by atoms with Gasteiger partial charge in [0.1, 0.15) is 17.3 Å². The third kappa shape index (κ3) is 3.44. The minimum absolute atomic E-state index is 0.163. The molecule has 1 N–H and O–H groups in total. The van der Waals surface area contributed by atoms with Gasteiger partial charge in [0.25, 0.3) is 0 Å². The van der Waals surface area contributed by atoms with Gasteiger partial charge in [-0.3, -0.25) is 0 Å². The summed E-state index contributed by atoms with van der Waals surface area (Å²) in [6.45, 7) is 3.31. The summed E-state index contributed by atoms with van der Waals surface area (Å²) in [7, 11) is 1.77. The third-order valence-electron chi connectivity index (χ3n) is 3.49. The minimum atomic E-state index is -0.437. The van der Waals surface area contributed by atoms with E-state index in [0.29, 0.717) is 18.2 Å². The Hall–Kier alpha value is -1.16. The fourth-order valence-electron chi connectivity index (χ4n) is 2.39. The van der Waals surface area contributed by atoms with E-state index in [1.807, 2.05) is 4.90 Å². The lowest BCUT2D eigenvalue weighted by Crippen LogP contribution is -2.29. The summed E-state index contributed by atoms with van der Waals surface area (Å²) < 4.78 is 28.4. The van der Waals surface area contributed by atoms with Crippen LogP contribution in [0.25, 0.3) is 0 Å². The number of rotatable bonds is 7. The molecule has 4 heteroatoms. The van der Waals surface area contributed by atoms with Gasteiger partial charge in [-0.1, -0.05) is 13.3 Å². The van der Waals surface area contributed by atoms with Crippen LogP contribution in [0.2, 0.25) is 0 Å². The van der Waals surface area contributed by atoms with Gasteiger partial charge in [-0.2, -0.15) is 0 Å². The van der Waals surface area contributed by atoms with Crippen LogP contribution >= 0.6 is 0 Å². The Bertz CT molecular complexity index is 407. The van der Waals surface area contributed by atoms with Crippen molar-refractivity contribution >= 4 is 5.69 Å². The Morgan fingerprint density at radius 2 is 1.89 bits per heavy atom. The molecular weight excluding hydrogens is 246 g/mol. The van der Waals surface area contributed by atoms with Gasteiger partial charge < -0.3 is 10.2 Å². The van der Waals surface area contributed by atoms with E-state index in [9.17, 15) is 8.78 Å². The highest BCUT2D eigenvalue weighted by molar-refractivity contribution is 5.52. The Morgan fingerprint density at radius 3 is 2.37 bits per heavy atom. The number of hydrogen-bond donors (Lipinski definition) is 1. The van der Waals surface area contributed by atoms with Crippen LogP contribution in [0.4, 0.5) is 14.5 Å². The Balaban J connectivity index is 2.25. The molecule has 19 heavy (non-hydrogen) atoms. The second kappa shape index (κ2) is 6.33. The number of unbranched alkanes of at least 4 members (excludes halogenated alkanes) is 1. The first-order chi connectivity index (χ1) is 9.17. The summed E-state index contributed by atoms with van der Waals surface area (Å²) >= 11 is 0. The Labute approximate surface area is 113 Å². The number of anilines is 1. The lowest BCUT2D eigenvalue weighted by atomic mass is 10.1. The number of nitrogens with zero attached hydrogens (tertiary/aromatic N) is 1. The number of halogens is 2. The quantitative estimate of drug-likeness (QED) is 0.814. The highest BCUT2D eigenvalue weighted by Gasteiger charge is 2.32. The zero-order valence-electron chi connectivity index (χ0n) is 11.7. The maximum Gasteiger partial charge on any atom is 0.149 e. The van der Waals surface area contributed by atoms with E-state index in [1.165, 1.54) is 12.1 Å². The molecule has 0 spiro atoms. The van der Waals surface area contributed by atoms with Crippen LogP contribution in [0.3, 0.4) is 0 Å². The average molecular weight is 268 g/mol. The van der Waals surface area contributed by atoms with Crippen molar-refractivity contribution in [3.63, 3.8) is 0 Å². The molecule has 0 atom stereocenters. The van der Waals surface area contributed by atoms with Gasteiger partial charge in [0.15, 0.2) is 0 Å². The van der Waals surface area contributed by atoms with Crippen LogP contribution < -0.4 is 10.2 Å². The highest BCUT2D eigenvalue weighted by atomic mass is 19.1. The van der Waals surface area contributed by atoms with E-state index in [0.717, 1.165) is 32.2 Å². The largest absolute Gasteiger partial charge is 0.364 e. The molecule has 0 amide bonds. The molecule has 1 fully saturated rings. The lowest BCUT2D eigenvalue weighted by molar-refractivity contribution is 0.560. The van der Waals surface area contributed by atoms with E-state index in [2.05, 4.69) is 12.2 Å². The van der Waals surface area contributed by atoms with Gasteiger partial charge in [-0.15, -0.1) is 0 Å². The zero-order chi connectivity index (χ0) is 13.8. The molecule has 106 valence electrons. The molecule has 0 saturated heterocycles. The van der Waals surface area contributed by atoms with Gasteiger partial charge in [0.05, 0.1) is 0 Å². The average Bonchev–Trinajstić information content (AvgIpc) is 3.17. The van der Waals surface area contributed by atoms with Crippen molar-refractivity contribution in [1.82, 2.24) is 5.32 Å². The Kier molecular flexibility index (Phi) is 4.75.